The molecular formula is C10H9NO3. The topological polar surface area (TPSA) is 66.5 Å². The van der Waals surface area contributed by atoms with Crippen LogP contribution in [0.4, 0.5) is 0 Å². The maximum Gasteiger partial charge on any atom is 0.170 e. The van der Waals surface area contributed by atoms with Crippen LogP contribution < -0.4 is 0 Å². The summed E-state index contributed by atoms with van der Waals surface area (Å²) in [5.74, 6) is 0.476. The summed E-state index contributed by atoms with van der Waals surface area (Å²) < 4.78 is 4.98. The van der Waals surface area contributed by atoms with Crippen molar-refractivity contribution in [2.45, 2.75) is 6.92 Å². The van der Waals surface area contributed by atoms with Gasteiger partial charge >= 0.3 is 0 Å². The van der Waals surface area contributed by atoms with Gasteiger partial charge in [-0.05, 0) is 19.1 Å². The second kappa shape index (κ2) is 3.06. The molecule has 0 unspecified atom stereocenters. The summed E-state index contributed by atoms with van der Waals surface area (Å²) in [6.07, 6.45) is 0. The monoisotopic (exact) mass is 191 g/mol. The molecule has 14 heavy (non-hydrogen) atoms. The lowest BCUT2D eigenvalue weighted by molar-refractivity contribution is 0.420. The van der Waals surface area contributed by atoms with E-state index in [1.165, 1.54) is 12.1 Å². The number of phenolic OH excluding ortho intramolecular Hbond substituents is 2. The van der Waals surface area contributed by atoms with Gasteiger partial charge in [0.1, 0.15) is 11.5 Å². The van der Waals surface area contributed by atoms with E-state index in [2.05, 4.69) is 5.16 Å². The molecule has 72 valence electrons. The van der Waals surface area contributed by atoms with Crippen molar-refractivity contribution < 1.29 is 14.7 Å². The molecule has 2 aromatic rings. The van der Waals surface area contributed by atoms with Gasteiger partial charge in [0.25, 0.3) is 0 Å². The van der Waals surface area contributed by atoms with E-state index >= 15 is 0 Å². The molecule has 4 heteroatoms. The van der Waals surface area contributed by atoms with Crippen molar-refractivity contribution in [3.63, 3.8) is 0 Å². The van der Waals surface area contributed by atoms with Crippen LogP contribution >= 0.6 is 0 Å². The first-order chi connectivity index (χ1) is 6.66. The lowest BCUT2D eigenvalue weighted by Crippen LogP contribution is -1.75. The Balaban J connectivity index is 2.52. The molecule has 1 aromatic carbocycles. The van der Waals surface area contributed by atoms with Crippen LogP contribution in [-0.4, -0.2) is 15.4 Å². The third-order valence-corrected chi connectivity index (χ3v) is 1.87. The zero-order valence-corrected chi connectivity index (χ0v) is 7.56. The van der Waals surface area contributed by atoms with Crippen molar-refractivity contribution in [3.8, 4) is 22.8 Å². The average Bonchev–Trinajstić information content (AvgIpc) is 2.51. The lowest BCUT2D eigenvalue weighted by Gasteiger charge is -1.99. The molecule has 0 atom stereocenters. The summed E-state index contributed by atoms with van der Waals surface area (Å²) >= 11 is 0. The summed E-state index contributed by atoms with van der Waals surface area (Å²) in [4.78, 5) is 0. The van der Waals surface area contributed by atoms with Gasteiger partial charge in [0.05, 0.1) is 11.3 Å². The van der Waals surface area contributed by atoms with Gasteiger partial charge in [-0.25, -0.2) is 0 Å². The highest BCUT2D eigenvalue weighted by Gasteiger charge is 2.09. The van der Waals surface area contributed by atoms with Crippen LogP contribution in [0.3, 0.4) is 0 Å². The Kier molecular flexibility index (Phi) is 1.89. The minimum absolute atomic E-state index is 0.0162. The highest BCUT2D eigenvalue weighted by Crippen LogP contribution is 2.31. The highest BCUT2D eigenvalue weighted by molar-refractivity contribution is 5.66. The van der Waals surface area contributed by atoms with E-state index < -0.39 is 0 Å². The second-order valence-corrected chi connectivity index (χ2v) is 3.03. The molecule has 1 aromatic heterocycles. The average molecular weight is 191 g/mol. The molecule has 0 aliphatic rings. The number of aromatic nitrogens is 1. The molecule has 2 rings (SSSR count). The molecule has 0 amide bonds. The maximum absolute atomic E-state index is 9.51. The van der Waals surface area contributed by atoms with Gasteiger partial charge in [-0.15, -0.1) is 0 Å². The first-order valence-electron chi connectivity index (χ1n) is 4.12. The number of nitrogens with zero attached hydrogens (tertiary/aromatic N) is 1. The summed E-state index contributed by atoms with van der Waals surface area (Å²) in [6.45, 7) is 1.80. The number of rotatable bonds is 1. The van der Waals surface area contributed by atoms with Crippen LogP contribution in [0.25, 0.3) is 11.3 Å². The van der Waals surface area contributed by atoms with Gasteiger partial charge in [0.2, 0.25) is 0 Å². The summed E-state index contributed by atoms with van der Waals surface area (Å²) in [5.41, 5.74) is 1.26. The highest BCUT2D eigenvalue weighted by atomic mass is 16.5. The quantitative estimate of drug-likeness (QED) is 0.724. The molecule has 0 spiro atoms. The van der Waals surface area contributed by atoms with E-state index in [1.54, 1.807) is 19.1 Å². The zero-order chi connectivity index (χ0) is 10.1. The van der Waals surface area contributed by atoms with Crippen molar-refractivity contribution in [1.82, 2.24) is 5.16 Å². The maximum atomic E-state index is 9.51. The van der Waals surface area contributed by atoms with E-state index in [-0.39, 0.29) is 11.5 Å². The predicted octanol–water partition coefficient (Wildman–Crippen LogP) is 2.06. The number of hydrogen-bond donors (Lipinski definition) is 2. The molecular weight excluding hydrogens is 182 g/mol. The van der Waals surface area contributed by atoms with Gasteiger partial charge < -0.3 is 14.7 Å². The van der Waals surface area contributed by atoms with Crippen LogP contribution in [0.5, 0.6) is 11.5 Å². The first-order valence-corrected chi connectivity index (χ1v) is 4.12. The van der Waals surface area contributed by atoms with Crippen molar-refractivity contribution in [3.05, 3.63) is 30.0 Å². The third kappa shape index (κ3) is 1.42. The molecule has 0 aliphatic carbocycles. The zero-order valence-electron chi connectivity index (χ0n) is 7.56. The predicted molar refractivity (Wildman–Crippen MR) is 50.0 cm³/mol. The minimum Gasteiger partial charge on any atom is -0.508 e. The normalized spacial score (nSPS) is 10.4. The molecule has 0 saturated heterocycles. The molecule has 0 bridgehead atoms. The molecule has 4 nitrogen and oxygen atoms in total. The fraction of sp³-hybridized carbons (Fsp3) is 0.100. The minimum atomic E-state index is -0.0267. The van der Waals surface area contributed by atoms with Gasteiger partial charge in [-0.1, -0.05) is 5.16 Å². The number of aromatic hydroxyl groups is 2. The number of phenols is 2. The third-order valence-electron chi connectivity index (χ3n) is 1.87. The van der Waals surface area contributed by atoms with Crippen LogP contribution in [0, 0.1) is 6.92 Å². The van der Waals surface area contributed by atoms with Crippen molar-refractivity contribution in [1.29, 1.82) is 0 Å². The summed E-state index contributed by atoms with van der Waals surface area (Å²) in [5, 5.41) is 22.3. The lowest BCUT2D eigenvalue weighted by atomic mass is 10.1. The van der Waals surface area contributed by atoms with Gasteiger partial charge in [-0.3, -0.25) is 0 Å². The number of aryl methyl sites for hydroxylation is 1. The van der Waals surface area contributed by atoms with Crippen LogP contribution in [0.1, 0.15) is 5.69 Å². The van der Waals surface area contributed by atoms with E-state index in [0.29, 0.717) is 11.3 Å². The fourth-order valence-corrected chi connectivity index (χ4v) is 1.22. The van der Waals surface area contributed by atoms with E-state index in [9.17, 15) is 5.11 Å². The van der Waals surface area contributed by atoms with Crippen molar-refractivity contribution in [2.24, 2.45) is 0 Å². The van der Waals surface area contributed by atoms with E-state index in [4.69, 9.17) is 9.63 Å². The van der Waals surface area contributed by atoms with Crippen LogP contribution in [-0.2, 0) is 0 Å². The van der Waals surface area contributed by atoms with Crippen molar-refractivity contribution >= 4 is 0 Å². The molecule has 0 saturated carbocycles. The molecule has 0 fully saturated rings. The van der Waals surface area contributed by atoms with Crippen molar-refractivity contribution in [2.75, 3.05) is 0 Å². The molecule has 0 aliphatic heterocycles. The van der Waals surface area contributed by atoms with Gasteiger partial charge in [0, 0.05) is 12.1 Å². The first kappa shape index (κ1) is 8.62. The van der Waals surface area contributed by atoms with Crippen LogP contribution in [0.15, 0.2) is 28.8 Å². The Bertz CT molecular complexity index is 462. The molecule has 0 radical (unpaired) electrons. The van der Waals surface area contributed by atoms with E-state index in [0.717, 1.165) is 5.69 Å². The Morgan fingerprint density at radius 1 is 1.21 bits per heavy atom. The van der Waals surface area contributed by atoms with E-state index in [1.807, 2.05) is 0 Å². The molecule has 1 heterocycles. The summed E-state index contributed by atoms with van der Waals surface area (Å²) in [7, 11) is 0. The second-order valence-electron chi connectivity index (χ2n) is 3.03. The summed E-state index contributed by atoms with van der Waals surface area (Å²) in [6, 6.07) is 6.02. The number of hydrogen-bond acceptors (Lipinski definition) is 4. The standard InChI is InChI=1S/C10H9NO3/c1-6-4-10(14-11-6)8-3-2-7(12)5-9(8)13/h2-5,12-13H,1H3. The van der Waals surface area contributed by atoms with Gasteiger partial charge in [0.15, 0.2) is 5.76 Å². The Morgan fingerprint density at radius 3 is 2.57 bits per heavy atom. The Labute approximate surface area is 80.4 Å². The smallest absolute Gasteiger partial charge is 0.170 e. The van der Waals surface area contributed by atoms with Gasteiger partial charge in [-0.2, -0.15) is 0 Å². The Morgan fingerprint density at radius 2 is 2.00 bits per heavy atom. The SMILES string of the molecule is Cc1cc(-c2ccc(O)cc2O)on1. The Hall–Kier alpha value is -1.97. The molecule has 2 N–H and O–H groups in total. The fourth-order valence-electron chi connectivity index (χ4n) is 1.22. The largest absolute Gasteiger partial charge is 0.508 e. The number of benzene rings is 1. The van der Waals surface area contributed by atoms with Crippen LogP contribution in [0.2, 0.25) is 0 Å².